The number of hydrogen-bond acceptors (Lipinski definition) is 4. The van der Waals surface area contributed by atoms with Crippen molar-refractivity contribution in [3.63, 3.8) is 0 Å². The highest BCUT2D eigenvalue weighted by Crippen LogP contribution is 2.02. The maximum Gasteiger partial charge on any atom is 0.241 e. The molecule has 0 aromatic rings. The van der Waals surface area contributed by atoms with Gasteiger partial charge < -0.3 is 10.7 Å². The van der Waals surface area contributed by atoms with Crippen molar-refractivity contribution in [2.45, 2.75) is 6.92 Å². The minimum atomic E-state index is -3.75. The van der Waals surface area contributed by atoms with Crippen LogP contribution in [0, 0.1) is 5.41 Å². The van der Waals surface area contributed by atoms with E-state index >= 15 is 0 Å². The maximum absolute atomic E-state index is 10.7. The van der Waals surface area contributed by atoms with Gasteiger partial charge in [-0.3, -0.25) is 0 Å². The van der Waals surface area contributed by atoms with Crippen molar-refractivity contribution in [2.75, 3.05) is 7.05 Å². The Morgan fingerprint density at radius 3 is 2.18 bits per heavy atom. The summed E-state index contributed by atoms with van der Waals surface area (Å²) in [5.41, 5.74) is 0.363. The second-order valence-electron chi connectivity index (χ2n) is 1.93. The molecule has 0 heterocycles. The summed E-state index contributed by atoms with van der Waals surface area (Å²) < 4.78 is 21.4. The van der Waals surface area contributed by atoms with E-state index in [1.165, 1.54) is 6.92 Å². The fraction of sp³-hybridized carbons (Fsp3) is 0.400. The summed E-state index contributed by atoms with van der Waals surface area (Å²) >= 11 is 0. The first-order valence-electron chi connectivity index (χ1n) is 2.85. The third-order valence-electron chi connectivity index (χ3n) is 1.18. The molecule has 6 heteroatoms. The molecule has 0 saturated carbocycles. The number of sulfonamides is 1. The standard InChI is InChI=1S/C5H11N3O2S/c1-4(8-2)5(3-6)11(7,9)10/h3,6,8H,1-2H3,(H2,7,9,10)/b5-4+,6-3?. The molecular weight excluding hydrogens is 166 g/mol. The van der Waals surface area contributed by atoms with Gasteiger partial charge in [0.1, 0.15) is 4.91 Å². The normalized spacial score (nSPS) is 13.7. The van der Waals surface area contributed by atoms with Gasteiger partial charge in [0, 0.05) is 19.0 Å². The zero-order valence-corrected chi connectivity index (χ0v) is 7.20. The topological polar surface area (TPSA) is 96.0 Å². The number of nitrogens with one attached hydrogen (secondary N) is 2. The quantitative estimate of drug-likeness (QED) is 0.501. The first-order valence-corrected chi connectivity index (χ1v) is 4.40. The number of primary sulfonamides is 1. The molecule has 0 spiro atoms. The van der Waals surface area contributed by atoms with E-state index in [9.17, 15) is 8.42 Å². The van der Waals surface area contributed by atoms with Crippen LogP contribution in [0.1, 0.15) is 6.92 Å². The number of nitrogens with two attached hydrogens (primary N) is 1. The second-order valence-corrected chi connectivity index (χ2v) is 3.46. The molecule has 4 N–H and O–H groups in total. The van der Waals surface area contributed by atoms with E-state index in [0.717, 1.165) is 0 Å². The van der Waals surface area contributed by atoms with Crippen molar-refractivity contribution in [3.8, 4) is 0 Å². The molecule has 0 unspecified atom stereocenters. The largest absolute Gasteiger partial charge is 0.391 e. The fourth-order valence-electron chi connectivity index (χ4n) is 0.527. The van der Waals surface area contributed by atoms with Gasteiger partial charge in [-0.1, -0.05) is 0 Å². The van der Waals surface area contributed by atoms with Crippen LogP contribution in [-0.2, 0) is 10.0 Å². The van der Waals surface area contributed by atoms with Crippen molar-refractivity contribution in [3.05, 3.63) is 10.6 Å². The van der Waals surface area contributed by atoms with Crippen LogP contribution in [0.15, 0.2) is 10.6 Å². The molecule has 0 radical (unpaired) electrons. The Bertz CT molecular complexity index is 278. The average Bonchev–Trinajstić information content (AvgIpc) is 1.86. The van der Waals surface area contributed by atoms with E-state index in [1.807, 2.05) is 0 Å². The van der Waals surface area contributed by atoms with Gasteiger partial charge in [-0.05, 0) is 6.92 Å². The Hall–Kier alpha value is -0.880. The van der Waals surface area contributed by atoms with Gasteiger partial charge in [0.2, 0.25) is 10.0 Å². The van der Waals surface area contributed by atoms with E-state index in [4.69, 9.17) is 10.5 Å². The van der Waals surface area contributed by atoms with Crippen LogP contribution < -0.4 is 10.5 Å². The highest BCUT2D eigenvalue weighted by atomic mass is 32.2. The third-order valence-corrected chi connectivity index (χ3v) is 2.22. The second kappa shape index (κ2) is 3.49. The maximum atomic E-state index is 10.7. The minimum absolute atomic E-state index is 0.194. The molecule has 0 aromatic heterocycles. The summed E-state index contributed by atoms with van der Waals surface area (Å²) in [6.07, 6.45) is 0.709. The van der Waals surface area contributed by atoms with Crippen LogP contribution in [0.5, 0.6) is 0 Å². The van der Waals surface area contributed by atoms with Gasteiger partial charge in [-0.25, -0.2) is 13.6 Å². The Labute approximate surface area is 65.8 Å². The van der Waals surface area contributed by atoms with Crippen LogP contribution in [0.4, 0.5) is 0 Å². The van der Waals surface area contributed by atoms with Crippen molar-refractivity contribution < 1.29 is 8.42 Å². The lowest BCUT2D eigenvalue weighted by molar-refractivity contribution is 0.604. The van der Waals surface area contributed by atoms with Crippen molar-refractivity contribution in [2.24, 2.45) is 5.14 Å². The predicted molar refractivity (Wildman–Crippen MR) is 43.7 cm³/mol. The molecule has 0 bridgehead atoms. The molecule has 0 aliphatic carbocycles. The van der Waals surface area contributed by atoms with Crippen LogP contribution >= 0.6 is 0 Å². The van der Waals surface area contributed by atoms with Gasteiger partial charge >= 0.3 is 0 Å². The van der Waals surface area contributed by atoms with Crippen molar-refractivity contribution in [1.29, 1.82) is 5.41 Å². The fourth-order valence-corrected chi connectivity index (χ4v) is 1.22. The highest BCUT2D eigenvalue weighted by Gasteiger charge is 2.11. The molecule has 64 valence electrons. The Balaban J connectivity index is 5.15. The van der Waals surface area contributed by atoms with Crippen LogP contribution in [0.25, 0.3) is 0 Å². The van der Waals surface area contributed by atoms with Crippen LogP contribution in [0.3, 0.4) is 0 Å². The average molecular weight is 177 g/mol. The molecule has 11 heavy (non-hydrogen) atoms. The summed E-state index contributed by atoms with van der Waals surface area (Å²) in [5, 5.41) is 14.1. The molecule has 0 amide bonds. The minimum Gasteiger partial charge on any atom is -0.391 e. The van der Waals surface area contributed by atoms with Crippen molar-refractivity contribution >= 4 is 16.2 Å². The van der Waals surface area contributed by atoms with Gasteiger partial charge in [0.15, 0.2) is 0 Å². The molecule has 0 saturated heterocycles. The molecule has 5 nitrogen and oxygen atoms in total. The molecule has 0 aliphatic rings. The summed E-state index contributed by atoms with van der Waals surface area (Å²) in [4.78, 5) is -0.194. The summed E-state index contributed by atoms with van der Waals surface area (Å²) in [5.74, 6) is 0. The van der Waals surface area contributed by atoms with E-state index in [1.54, 1.807) is 7.05 Å². The van der Waals surface area contributed by atoms with Gasteiger partial charge in [-0.15, -0.1) is 0 Å². The lowest BCUT2D eigenvalue weighted by Crippen LogP contribution is -2.20. The van der Waals surface area contributed by atoms with Crippen LogP contribution in [0.2, 0.25) is 0 Å². The van der Waals surface area contributed by atoms with Crippen LogP contribution in [-0.4, -0.2) is 21.7 Å². The third kappa shape index (κ3) is 2.69. The SMILES string of the molecule is CN/C(C)=C(\C=N)S(N)(=O)=O. The summed E-state index contributed by atoms with van der Waals surface area (Å²) in [7, 11) is -2.19. The zero-order chi connectivity index (χ0) is 9.07. The molecular formula is C5H11N3O2S. The Morgan fingerprint density at radius 2 is 2.09 bits per heavy atom. The Morgan fingerprint density at radius 1 is 1.64 bits per heavy atom. The van der Waals surface area contributed by atoms with E-state index in [2.05, 4.69) is 5.32 Å². The predicted octanol–water partition coefficient (Wildman–Crippen LogP) is -0.625. The van der Waals surface area contributed by atoms with Gasteiger partial charge in [0.05, 0.1) is 0 Å². The van der Waals surface area contributed by atoms with E-state index < -0.39 is 10.0 Å². The molecule has 0 aromatic carbocycles. The Kier molecular flexibility index (Phi) is 3.21. The van der Waals surface area contributed by atoms with E-state index in [0.29, 0.717) is 11.9 Å². The highest BCUT2D eigenvalue weighted by molar-refractivity contribution is 7.94. The zero-order valence-electron chi connectivity index (χ0n) is 6.38. The van der Waals surface area contributed by atoms with Crippen molar-refractivity contribution in [1.82, 2.24) is 5.32 Å². The number of rotatable bonds is 3. The first kappa shape index (κ1) is 10.1. The molecule has 0 atom stereocenters. The summed E-state index contributed by atoms with van der Waals surface area (Å²) in [6, 6.07) is 0. The lowest BCUT2D eigenvalue weighted by atomic mass is 10.4. The monoisotopic (exact) mass is 177 g/mol. The smallest absolute Gasteiger partial charge is 0.241 e. The first-order chi connectivity index (χ1) is 4.93. The lowest BCUT2D eigenvalue weighted by Gasteiger charge is -2.03. The number of allylic oxidation sites excluding steroid dienone is 2. The van der Waals surface area contributed by atoms with E-state index in [-0.39, 0.29) is 4.91 Å². The molecule has 0 fully saturated rings. The van der Waals surface area contributed by atoms with Gasteiger partial charge in [0.25, 0.3) is 0 Å². The number of hydrogen-bond donors (Lipinski definition) is 3. The molecule has 0 rings (SSSR count). The summed E-state index contributed by atoms with van der Waals surface area (Å²) in [6.45, 7) is 1.53. The molecule has 0 aliphatic heterocycles. The van der Waals surface area contributed by atoms with Gasteiger partial charge in [-0.2, -0.15) is 0 Å².